The summed E-state index contributed by atoms with van der Waals surface area (Å²) in [6.07, 6.45) is -0.000605. The molecule has 0 spiro atoms. The van der Waals surface area contributed by atoms with Gasteiger partial charge in [-0.15, -0.1) is 0 Å². The molecule has 1 aromatic carbocycles. The monoisotopic (exact) mass is 432 g/mol. The molecule has 2 aromatic rings. The second-order valence-corrected chi connectivity index (χ2v) is 7.66. The first-order chi connectivity index (χ1) is 14.3. The van der Waals surface area contributed by atoms with Crippen molar-refractivity contribution in [2.75, 3.05) is 33.3 Å². The minimum absolute atomic E-state index is 0.000605. The summed E-state index contributed by atoms with van der Waals surface area (Å²) >= 11 is 6.31. The molecule has 30 heavy (non-hydrogen) atoms. The summed E-state index contributed by atoms with van der Waals surface area (Å²) in [6.45, 7) is 5.28. The molecule has 1 saturated heterocycles. The first-order valence-electron chi connectivity index (χ1n) is 9.72. The number of methoxy groups -OCH3 is 1. The van der Waals surface area contributed by atoms with Crippen LogP contribution in [0.1, 0.15) is 28.7 Å². The zero-order valence-corrected chi connectivity index (χ0v) is 18.0. The van der Waals surface area contributed by atoms with E-state index in [1.807, 2.05) is 11.0 Å². The van der Waals surface area contributed by atoms with E-state index in [9.17, 15) is 14.4 Å². The average Bonchev–Trinajstić information content (AvgIpc) is 2.72. The van der Waals surface area contributed by atoms with E-state index in [-0.39, 0.29) is 17.9 Å². The summed E-state index contributed by atoms with van der Waals surface area (Å²) in [5.74, 6) is -0.00670. The molecule has 1 fully saturated rings. The predicted octanol–water partition coefficient (Wildman–Crippen LogP) is 1.64. The lowest BCUT2D eigenvalue weighted by Gasteiger charge is -2.38. The van der Waals surface area contributed by atoms with Crippen LogP contribution in [0.25, 0.3) is 0 Å². The van der Waals surface area contributed by atoms with E-state index in [2.05, 4.69) is 9.97 Å². The Bertz CT molecular complexity index is 999. The minimum atomic E-state index is -0.632. The number of aromatic amines is 1. The van der Waals surface area contributed by atoms with Gasteiger partial charge in [0.1, 0.15) is 11.9 Å². The first kappa shape index (κ1) is 22.0. The van der Waals surface area contributed by atoms with Crippen molar-refractivity contribution in [2.24, 2.45) is 0 Å². The highest BCUT2D eigenvalue weighted by Gasteiger charge is 2.33. The third-order valence-electron chi connectivity index (χ3n) is 5.33. The molecular weight excluding hydrogens is 408 g/mol. The topological polar surface area (TPSA) is 95.6 Å². The molecule has 3 rings (SSSR count). The SMILES string of the molecule is COC(=O)C(c1ccccc1Cl)N1CCN(C(=O)Cc2c(C)nc(C)[nH]c2=O)CC1. The average molecular weight is 433 g/mol. The molecule has 1 aliphatic heterocycles. The number of aryl methyl sites for hydroxylation is 2. The van der Waals surface area contributed by atoms with Gasteiger partial charge in [-0.2, -0.15) is 0 Å². The number of nitrogens with one attached hydrogen (secondary N) is 1. The van der Waals surface area contributed by atoms with Gasteiger partial charge in [0, 0.05) is 42.5 Å². The number of ether oxygens (including phenoxy) is 1. The van der Waals surface area contributed by atoms with Crippen molar-refractivity contribution >= 4 is 23.5 Å². The number of halogens is 1. The second kappa shape index (κ2) is 9.40. The maximum atomic E-state index is 12.8. The molecule has 1 unspecified atom stereocenters. The molecule has 1 N–H and O–H groups in total. The summed E-state index contributed by atoms with van der Waals surface area (Å²) < 4.78 is 5.00. The highest BCUT2D eigenvalue weighted by Crippen LogP contribution is 2.29. The van der Waals surface area contributed by atoms with Crippen LogP contribution in [0.4, 0.5) is 0 Å². The third-order valence-corrected chi connectivity index (χ3v) is 5.67. The van der Waals surface area contributed by atoms with Crippen molar-refractivity contribution in [1.82, 2.24) is 19.8 Å². The van der Waals surface area contributed by atoms with Gasteiger partial charge in [0.2, 0.25) is 5.91 Å². The Kier molecular flexibility index (Phi) is 6.89. The number of carbonyl (C=O) groups excluding carboxylic acids is 2. The van der Waals surface area contributed by atoms with E-state index in [1.54, 1.807) is 36.9 Å². The van der Waals surface area contributed by atoms with Crippen LogP contribution in [0.2, 0.25) is 5.02 Å². The summed E-state index contributed by atoms with van der Waals surface area (Å²) in [4.78, 5) is 48.0. The summed E-state index contributed by atoms with van der Waals surface area (Å²) in [5.41, 5.74) is 1.35. The Morgan fingerprint density at radius 1 is 1.20 bits per heavy atom. The lowest BCUT2D eigenvalue weighted by molar-refractivity contribution is -0.148. The molecule has 0 aliphatic carbocycles. The van der Waals surface area contributed by atoms with Gasteiger partial charge in [0.05, 0.1) is 13.5 Å². The number of rotatable bonds is 5. The molecule has 9 heteroatoms. The standard InChI is InChI=1S/C21H25ClN4O4/c1-13-16(20(28)24-14(2)23-13)12-18(27)25-8-10-26(11-9-25)19(21(29)30-3)15-6-4-5-7-17(15)22/h4-7,19H,8-12H2,1-3H3,(H,23,24,28). The fourth-order valence-corrected chi connectivity index (χ4v) is 3.97. The predicted molar refractivity (Wildman–Crippen MR) is 112 cm³/mol. The van der Waals surface area contributed by atoms with Crippen LogP contribution in [0.3, 0.4) is 0 Å². The van der Waals surface area contributed by atoms with Gasteiger partial charge < -0.3 is 14.6 Å². The van der Waals surface area contributed by atoms with Crippen LogP contribution in [0, 0.1) is 13.8 Å². The second-order valence-electron chi connectivity index (χ2n) is 7.26. The van der Waals surface area contributed by atoms with Crippen molar-refractivity contribution in [3.8, 4) is 0 Å². The van der Waals surface area contributed by atoms with Crippen molar-refractivity contribution in [2.45, 2.75) is 26.3 Å². The zero-order valence-electron chi connectivity index (χ0n) is 17.3. The number of hydrogen-bond acceptors (Lipinski definition) is 6. The third kappa shape index (κ3) is 4.71. The maximum Gasteiger partial charge on any atom is 0.327 e. The van der Waals surface area contributed by atoms with Crippen LogP contribution < -0.4 is 5.56 Å². The van der Waals surface area contributed by atoms with Gasteiger partial charge in [0.25, 0.3) is 5.56 Å². The van der Waals surface area contributed by atoms with Crippen LogP contribution in [0.5, 0.6) is 0 Å². The Morgan fingerprint density at radius 2 is 1.87 bits per heavy atom. The van der Waals surface area contributed by atoms with Crippen molar-refractivity contribution in [3.63, 3.8) is 0 Å². The molecule has 1 aromatic heterocycles. The van der Waals surface area contributed by atoms with Crippen LogP contribution in [-0.4, -0.2) is 64.9 Å². The van der Waals surface area contributed by atoms with E-state index in [0.717, 1.165) is 0 Å². The van der Waals surface area contributed by atoms with Crippen LogP contribution in [-0.2, 0) is 20.7 Å². The molecule has 2 heterocycles. The summed E-state index contributed by atoms with van der Waals surface area (Å²) in [5, 5.41) is 0.493. The Balaban J connectivity index is 1.70. The van der Waals surface area contributed by atoms with Gasteiger partial charge in [-0.05, 0) is 25.5 Å². The van der Waals surface area contributed by atoms with E-state index in [0.29, 0.717) is 53.8 Å². The number of benzene rings is 1. The fraction of sp³-hybridized carbons (Fsp3) is 0.429. The fourth-order valence-electron chi connectivity index (χ4n) is 3.73. The van der Waals surface area contributed by atoms with Crippen molar-refractivity contribution < 1.29 is 14.3 Å². The number of piperazine rings is 1. The summed E-state index contributed by atoms with van der Waals surface area (Å²) in [6, 6.07) is 6.54. The molecule has 160 valence electrons. The van der Waals surface area contributed by atoms with Gasteiger partial charge in [-0.1, -0.05) is 29.8 Å². The summed E-state index contributed by atoms with van der Waals surface area (Å²) in [7, 11) is 1.35. The highest BCUT2D eigenvalue weighted by molar-refractivity contribution is 6.31. The molecule has 8 nitrogen and oxygen atoms in total. The van der Waals surface area contributed by atoms with E-state index in [1.165, 1.54) is 7.11 Å². The molecular formula is C21H25ClN4O4. The zero-order chi connectivity index (χ0) is 21.8. The molecule has 1 amide bonds. The van der Waals surface area contributed by atoms with Gasteiger partial charge in [0.15, 0.2) is 0 Å². The van der Waals surface area contributed by atoms with Crippen LogP contribution in [0.15, 0.2) is 29.1 Å². The number of H-pyrrole nitrogens is 1. The number of esters is 1. The number of nitrogens with zero attached hydrogens (tertiary/aromatic N) is 3. The Morgan fingerprint density at radius 3 is 2.47 bits per heavy atom. The number of carbonyl (C=O) groups is 2. The smallest absolute Gasteiger partial charge is 0.327 e. The minimum Gasteiger partial charge on any atom is -0.468 e. The first-order valence-corrected chi connectivity index (χ1v) is 10.1. The van der Waals surface area contributed by atoms with E-state index < -0.39 is 12.0 Å². The molecule has 0 radical (unpaired) electrons. The van der Waals surface area contributed by atoms with Gasteiger partial charge in [-0.25, -0.2) is 9.78 Å². The quantitative estimate of drug-likeness (QED) is 0.721. The molecule has 1 atom stereocenters. The Labute approximate surface area is 179 Å². The molecule has 0 saturated carbocycles. The normalized spacial score (nSPS) is 15.7. The van der Waals surface area contributed by atoms with E-state index >= 15 is 0 Å². The lowest BCUT2D eigenvalue weighted by atomic mass is 10.0. The largest absolute Gasteiger partial charge is 0.468 e. The van der Waals surface area contributed by atoms with Crippen LogP contribution >= 0.6 is 11.6 Å². The number of aromatic nitrogens is 2. The van der Waals surface area contributed by atoms with Crippen molar-refractivity contribution in [3.05, 3.63) is 62.3 Å². The Hall–Kier alpha value is -2.71. The van der Waals surface area contributed by atoms with Gasteiger partial charge in [-0.3, -0.25) is 14.5 Å². The lowest BCUT2D eigenvalue weighted by Crippen LogP contribution is -2.51. The van der Waals surface area contributed by atoms with Crippen molar-refractivity contribution in [1.29, 1.82) is 0 Å². The highest BCUT2D eigenvalue weighted by atomic mass is 35.5. The molecule has 0 bridgehead atoms. The number of amides is 1. The maximum absolute atomic E-state index is 12.8. The van der Waals surface area contributed by atoms with E-state index in [4.69, 9.17) is 16.3 Å². The molecule has 1 aliphatic rings. The van der Waals surface area contributed by atoms with Gasteiger partial charge >= 0.3 is 5.97 Å². The number of hydrogen-bond donors (Lipinski definition) is 1.